The molecule has 2 N–H and O–H groups in total. The Balaban J connectivity index is 2.74. The van der Waals surface area contributed by atoms with Crippen LogP contribution in [0.2, 0.25) is 0 Å². The Morgan fingerprint density at radius 2 is 0.970 bits per heavy atom. The van der Waals surface area contributed by atoms with Crippen molar-refractivity contribution in [2.24, 2.45) is 0 Å². The molecule has 0 aromatic heterocycles. The van der Waals surface area contributed by atoms with Gasteiger partial charge in [0.25, 0.3) is 20.2 Å². The van der Waals surface area contributed by atoms with Crippen LogP contribution in [0.5, 0.6) is 0 Å². The van der Waals surface area contributed by atoms with Gasteiger partial charge in [-0.15, -0.1) is 0 Å². The van der Waals surface area contributed by atoms with Crippen molar-refractivity contribution in [1.82, 2.24) is 0 Å². The summed E-state index contributed by atoms with van der Waals surface area (Å²) in [5.41, 5.74) is -8.01. The Morgan fingerprint density at radius 3 is 1.21 bits per heavy atom. The fraction of sp³-hybridized carbons (Fsp3) is 0.125. The molecule has 0 amide bonds. The first-order chi connectivity index (χ1) is 14.8. The van der Waals surface area contributed by atoms with Gasteiger partial charge in [-0.1, -0.05) is 12.1 Å². The zero-order valence-corrected chi connectivity index (χ0v) is 16.9. The van der Waals surface area contributed by atoms with Crippen LogP contribution in [0.1, 0.15) is 31.8 Å². The van der Waals surface area contributed by atoms with Crippen molar-refractivity contribution < 1.29 is 66.6 Å². The molecular weight excluding hydrogens is 514 g/mol. The predicted octanol–water partition coefficient (Wildman–Crippen LogP) is 3.21. The molecule has 0 unspecified atom stereocenters. The van der Waals surface area contributed by atoms with Gasteiger partial charge in [-0.3, -0.25) is 9.11 Å². The van der Waals surface area contributed by atoms with Gasteiger partial charge in [0, 0.05) is 0 Å². The lowest BCUT2D eigenvalue weighted by atomic mass is 10.1. The van der Waals surface area contributed by atoms with Gasteiger partial charge >= 0.3 is 24.3 Å². The topological polar surface area (TPSA) is 152 Å². The third-order valence-corrected chi connectivity index (χ3v) is 5.60. The van der Waals surface area contributed by atoms with E-state index in [1.54, 1.807) is 0 Å². The molecule has 0 saturated heterocycles. The minimum atomic E-state index is -5.55. The lowest BCUT2D eigenvalue weighted by Crippen LogP contribution is -2.24. The fourth-order valence-corrected chi connectivity index (χ4v) is 3.98. The number of alkyl halides is 6. The second-order valence-electron chi connectivity index (χ2n) is 5.98. The van der Waals surface area contributed by atoms with Gasteiger partial charge in [-0.2, -0.15) is 43.2 Å². The van der Waals surface area contributed by atoms with Crippen LogP contribution in [0.3, 0.4) is 0 Å². The lowest BCUT2D eigenvalue weighted by Gasteiger charge is -2.16. The van der Waals surface area contributed by atoms with Crippen molar-refractivity contribution >= 4 is 32.2 Å². The number of hydrogen-bond acceptors (Lipinski definition) is 7. The number of ether oxygens (including phenoxy) is 1. The number of carbonyl (C=O) groups excluding carboxylic acids is 2. The smallest absolute Gasteiger partial charge is 0.386 e. The summed E-state index contributed by atoms with van der Waals surface area (Å²) >= 11 is 0. The van der Waals surface area contributed by atoms with Gasteiger partial charge < -0.3 is 4.74 Å². The molecule has 2 rings (SSSR count). The van der Waals surface area contributed by atoms with Gasteiger partial charge in [-0.05, 0) is 24.3 Å². The molecule has 0 bridgehead atoms. The summed E-state index contributed by atoms with van der Waals surface area (Å²) in [4.78, 5) is 21.1. The van der Waals surface area contributed by atoms with Crippen molar-refractivity contribution in [1.29, 1.82) is 0 Å². The van der Waals surface area contributed by atoms with E-state index in [2.05, 4.69) is 4.74 Å². The molecular formula is C16H8F6O9S2. The number of rotatable bonds is 4. The van der Waals surface area contributed by atoms with Crippen LogP contribution in [0.25, 0.3) is 0 Å². The quantitative estimate of drug-likeness (QED) is 0.267. The molecule has 0 aliphatic rings. The summed E-state index contributed by atoms with van der Waals surface area (Å²) in [6.07, 6.45) is -10.9. The van der Waals surface area contributed by atoms with E-state index in [-0.39, 0.29) is 12.1 Å². The Bertz CT molecular complexity index is 1240. The molecule has 0 heterocycles. The van der Waals surface area contributed by atoms with Crippen LogP contribution in [-0.2, 0) is 37.3 Å². The Hall–Kier alpha value is -3.02. The summed E-state index contributed by atoms with van der Waals surface area (Å²) in [6, 6.07) is 1.81. The van der Waals surface area contributed by atoms with Crippen LogP contribution in [0.4, 0.5) is 26.3 Å². The minimum absolute atomic E-state index is 0.142. The third kappa shape index (κ3) is 5.67. The average molecular weight is 522 g/mol. The molecule has 33 heavy (non-hydrogen) atoms. The molecule has 0 aliphatic heterocycles. The molecule has 0 spiro atoms. The standard InChI is InChI=1S/C16H8F6O9S2/c17-15(18,19)7-3-1-5-9(32(25,26)27)11(7)13(23)31-14(24)12-8(16(20,21)22)4-2-6-10(12)33(28,29)30/h1-6H,(H,25,26,27)(H,28,29,30). The van der Waals surface area contributed by atoms with Crippen molar-refractivity contribution in [3.63, 3.8) is 0 Å². The number of carbonyl (C=O) groups is 2. The van der Waals surface area contributed by atoms with Crippen molar-refractivity contribution in [2.75, 3.05) is 0 Å². The first-order valence-electron chi connectivity index (χ1n) is 7.88. The highest BCUT2D eigenvalue weighted by Gasteiger charge is 2.42. The van der Waals surface area contributed by atoms with Gasteiger partial charge in [-0.25, -0.2) is 9.59 Å². The van der Waals surface area contributed by atoms with Crippen LogP contribution >= 0.6 is 0 Å². The summed E-state index contributed by atoms with van der Waals surface area (Å²) in [7, 11) is -11.1. The molecule has 180 valence electrons. The molecule has 2 aromatic carbocycles. The van der Waals surface area contributed by atoms with Gasteiger partial charge in [0.1, 0.15) is 9.79 Å². The van der Waals surface area contributed by atoms with E-state index in [0.29, 0.717) is 24.3 Å². The maximum atomic E-state index is 13.2. The van der Waals surface area contributed by atoms with E-state index in [0.717, 1.165) is 0 Å². The highest BCUT2D eigenvalue weighted by molar-refractivity contribution is 7.86. The van der Waals surface area contributed by atoms with E-state index >= 15 is 0 Å². The second kappa shape index (κ2) is 8.40. The van der Waals surface area contributed by atoms with E-state index in [4.69, 9.17) is 9.11 Å². The number of esters is 2. The molecule has 9 nitrogen and oxygen atoms in total. The van der Waals surface area contributed by atoms with Crippen molar-refractivity contribution in [3.05, 3.63) is 58.7 Å². The minimum Gasteiger partial charge on any atom is -0.386 e. The van der Waals surface area contributed by atoms with Crippen molar-refractivity contribution in [3.8, 4) is 0 Å². The fourth-order valence-electron chi connectivity index (χ4n) is 2.57. The average Bonchev–Trinajstić information content (AvgIpc) is 2.63. The third-order valence-electron chi connectivity index (χ3n) is 3.81. The number of hydrogen-bond donors (Lipinski definition) is 2. The van der Waals surface area contributed by atoms with Gasteiger partial charge in [0.15, 0.2) is 0 Å². The lowest BCUT2D eigenvalue weighted by molar-refractivity contribution is -0.138. The number of halogens is 6. The monoisotopic (exact) mass is 522 g/mol. The van der Waals surface area contributed by atoms with Crippen molar-refractivity contribution in [2.45, 2.75) is 22.1 Å². The van der Waals surface area contributed by atoms with E-state index in [9.17, 15) is 52.8 Å². The summed E-state index contributed by atoms with van der Waals surface area (Å²) in [5, 5.41) is 0. The number of benzene rings is 2. The van der Waals surface area contributed by atoms with Crippen LogP contribution in [0, 0.1) is 0 Å². The van der Waals surface area contributed by atoms with E-state index in [1.165, 1.54) is 0 Å². The highest BCUT2D eigenvalue weighted by Crippen LogP contribution is 2.37. The maximum absolute atomic E-state index is 13.2. The second-order valence-corrected chi connectivity index (χ2v) is 8.76. The molecule has 0 atom stereocenters. The molecule has 0 fully saturated rings. The summed E-state index contributed by atoms with van der Waals surface area (Å²) in [6.45, 7) is 0. The van der Waals surface area contributed by atoms with Gasteiger partial charge in [0.2, 0.25) is 0 Å². The van der Waals surface area contributed by atoms with Crippen LogP contribution in [0.15, 0.2) is 46.2 Å². The Morgan fingerprint density at radius 1 is 0.667 bits per heavy atom. The van der Waals surface area contributed by atoms with Gasteiger partial charge in [0.05, 0.1) is 22.3 Å². The predicted molar refractivity (Wildman–Crippen MR) is 92.3 cm³/mol. The molecule has 2 aromatic rings. The zero-order valence-electron chi connectivity index (χ0n) is 15.3. The normalized spacial score (nSPS) is 13.0. The largest absolute Gasteiger partial charge is 0.417 e. The molecule has 17 heteroatoms. The SMILES string of the molecule is O=C(OC(=O)c1c(C(F)(F)F)cccc1S(=O)(=O)O)c1c(C(F)(F)F)cccc1S(=O)(=O)O. The maximum Gasteiger partial charge on any atom is 0.417 e. The van der Waals surface area contributed by atoms with Crippen LogP contribution in [-0.4, -0.2) is 37.9 Å². The first-order valence-corrected chi connectivity index (χ1v) is 10.8. The Kier molecular flexibility index (Phi) is 6.68. The summed E-state index contributed by atoms with van der Waals surface area (Å²) in [5.74, 6) is -4.97. The van der Waals surface area contributed by atoms with E-state index < -0.39 is 76.6 Å². The van der Waals surface area contributed by atoms with Crippen LogP contribution < -0.4 is 0 Å². The molecule has 0 aliphatic carbocycles. The first kappa shape index (κ1) is 26.2. The van der Waals surface area contributed by atoms with E-state index in [1.807, 2.05) is 0 Å². The molecule has 0 saturated carbocycles. The zero-order chi connectivity index (χ0) is 25.6. The summed E-state index contributed by atoms with van der Waals surface area (Å²) < 4.78 is 147. The highest BCUT2D eigenvalue weighted by atomic mass is 32.2. The Labute approximate surface area is 180 Å². The molecule has 0 radical (unpaired) electrons.